The molecule has 2 aliphatic rings. The normalized spacial score (nSPS) is 30.6. The highest BCUT2D eigenvalue weighted by Gasteiger charge is 2.36. The summed E-state index contributed by atoms with van der Waals surface area (Å²) in [5, 5.41) is 2.39. The molecule has 0 bridgehead atoms. The fourth-order valence-corrected chi connectivity index (χ4v) is 2.49. The average Bonchev–Trinajstić information content (AvgIpc) is 2.47. The molecule has 13 heavy (non-hydrogen) atoms. The minimum atomic E-state index is -0.0828. The third-order valence-corrected chi connectivity index (χ3v) is 3.22. The largest absolute Gasteiger partial charge is 0.296 e. The second-order valence-electron chi connectivity index (χ2n) is 4.12. The molecular formula is C10H15NO2. The summed E-state index contributed by atoms with van der Waals surface area (Å²) in [6, 6.07) is 0. The fraction of sp³-hybridized carbons (Fsp3) is 0.800. The van der Waals surface area contributed by atoms with Crippen LogP contribution in [0.2, 0.25) is 0 Å². The van der Waals surface area contributed by atoms with E-state index in [1.165, 1.54) is 19.3 Å². The van der Waals surface area contributed by atoms with E-state index in [9.17, 15) is 9.59 Å². The zero-order valence-corrected chi connectivity index (χ0v) is 7.71. The third-order valence-electron chi connectivity index (χ3n) is 3.22. The molecule has 2 rings (SSSR count). The van der Waals surface area contributed by atoms with E-state index in [1.54, 1.807) is 0 Å². The smallest absolute Gasteiger partial charge is 0.230 e. The molecule has 0 aromatic rings. The molecule has 1 saturated heterocycles. The Labute approximate surface area is 77.9 Å². The van der Waals surface area contributed by atoms with Crippen LogP contribution in [-0.2, 0) is 9.59 Å². The van der Waals surface area contributed by atoms with Crippen LogP contribution in [0.4, 0.5) is 0 Å². The summed E-state index contributed by atoms with van der Waals surface area (Å²) in [5.41, 5.74) is 0. The standard InChI is InChI=1S/C10H15NO2/c12-9-6-8(10(13)11-9)7-4-2-1-3-5-7/h7-8H,1-6H2,(H,11,12,13). The highest BCUT2D eigenvalue weighted by molar-refractivity contribution is 6.03. The van der Waals surface area contributed by atoms with Crippen LogP contribution in [0.15, 0.2) is 0 Å². The molecule has 3 nitrogen and oxygen atoms in total. The van der Waals surface area contributed by atoms with Crippen LogP contribution >= 0.6 is 0 Å². The van der Waals surface area contributed by atoms with E-state index < -0.39 is 0 Å². The van der Waals surface area contributed by atoms with Crippen molar-refractivity contribution in [3.8, 4) is 0 Å². The van der Waals surface area contributed by atoms with E-state index in [0.29, 0.717) is 12.3 Å². The van der Waals surface area contributed by atoms with Gasteiger partial charge in [-0.05, 0) is 18.8 Å². The summed E-state index contributed by atoms with van der Waals surface area (Å²) in [5.74, 6) is 0.352. The molecule has 0 radical (unpaired) electrons. The minimum absolute atomic E-state index is 0.00667. The molecule has 2 fully saturated rings. The molecule has 1 atom stereocenters. The first-order valence-electron chi connectivity index (χ1n) is 5.11. The molecule has 1 unspecified atom stereocenters. The summed E-state index contributed by atoms with van der Waals surface area (Å²) in [6.45, 7) is 0. The van der Waals surface area contributed by atoms with Crippen molar-refractivity contribution in [2.75, 3.05) is 0 Å². The molecule has 1 aliphatic carbocycles. The highest BCUT2D eigenvalue weighted by atomic mass is 16.2. The number of rotatable bonds is 1. The van der Waals surface area contributed by atoms with Gasteiger partial charge in [0.25, 0.3) is 0 Å². The van der Waals surface area contributed by atoms with Gasteiger partial charge in [0, 0.05) is 12.3 Å². The van der Waals surface area contributed by atoms with Crippen molar-refractivity contribution in [3.05, 3.63) is 0 Å². The maximum Gasteiger partial charge on any atom is 0.230 e. The van der Waals surface area contributed by atoms with Gasteiger partial charge < -0.3 is 0 Å². The van der Waals surface area contributed by atoms with Crippen LogP contribution in [0.5, 0.6) is 0 Å². The predicted molar refractivity (Wildman–Crippen MR) is 47.8 cm³/mol. The molecule has 1 aliphatic heterocycles. The van der Waals surface area contributed by atoms with Crippen molar-refractivity contribution in [2.24, 2.45) is 11.8 Å². The molecule has 1 saturated carbocycles. The summed E-state index contributed by atoms with van der Waals surface area (Å²) < 4.78 is 0. The Morgan fingerprint density at radius 3 is 2.31 bits per heavy atom. The maximum atomic E-state index is 11.4. The summed E-state index contributed by atoms with van der Waals surface area (Å²) in [4.78, 5) is 22.3. The van der Waals surface area contributed by atoms with Crippen molar-refractivity contribution in [2.45, 2.75) is 38.5 Å². The Morgan fingerprint density at radius 1 is 1.08 bits per heavy atom. The lowest BCUT2D eigenvalue weighted by Crippen LogP contribution is -2.27. The molecule has 72 valence electrons. The van der Waals surface area contributed by atoms with Crippen molar-refractivity contribution >= 4 is 11.8 Å². The Balaban J connectivity index is 1.99. The fourth-order valence-electron chi connectivity index (χ4n) is 2.49. The third kappa shape index (κ3) is 1.74. The molecule has 2 amide bonds. The lowest BCUT2D eigenvalue weighted by Gasteiger charge is -2.24. The van der Waals surface area contributed by atoms with Gasteiger partial charge in [-0.15, -0.1) is 0 Å². The van der Waals surface area contributed by atoms with E-state index in [4.69, 9.17) is 0 Å². The Kier molecular flexibility index (Phi) is 2.34. The lowest BCUT2D eigenvalue weighted by molar-refractivity contribution is -0.126. The molecule has 0 aromatic heterocycles. The van der Waals surface area contributed by atoms with Crippen molar-refractivity contribution in [1.29, 1.82) is 0 Å². The van der Waals surface area contributed by atoms with Gasteiger partial charge in [-0.1, -0.05) is 19.3 Å². The number of amides is 2. The number of nitrogens with one attached hydrogen (secondary N) is 1. The first kappa shape index (κ1) is 8.73. The number of carbonyl (C=O) groups excluding carboxylic acids is 2. The zero-order chi connectivity index (χ0) is 9.26. The Hall–Kier alpha value is -0.860. The number of imide groups is 1. The van der Waals surface area contributed by atoms with Crippen molar-refractivity contribution in [3.63, 3.8) is 0 Å². The quantitative estimate of drug-likeness (QED) is 0.618. The Morgan fingerprint density at radius 2 is 1.77 bits per heavy atom. The maximum absolute atomic E-state index is 11.4. The van der Waals surface area contributed by atoms with Crippen LogP contribution in [-0.4, -0.2) is 11.8 Å². The van der Waals surface area contributed by atoms with Crippen LogP contribution in [0.25, 0.3) is 0 Å². The number of hydrogen-bond acceptors (Lipinski definition) is 2. The highest BCUT2D eigenvalue weighted by Crippen LogP contribution is 2.33. The topological polar surface area (TPSA) is 46.2 Å². The van der Waals surface area contributed by atoms with E-state index in [0.717, 1.165) is 12.8 Å². The Bertz CT molecular complexity index is 231. The van der Waals surface area contributed by atoms with E-state index in [2.05, 4.69) is 5.32 Å². The van der Waals surface area contributed by atoms with E-state index >= 15 is 0 Å². The van der Waals surface area contributed by atoms with Gasteiger partial charge in [0.15, 0.2) is 0 Å². The van der Waals surface area contributed by atoms with Gasteiger partial charge in [-0.3, -0.25) is 14.9 Å². The van der Waals surface area contributed by atoms with Gasteiger partial charge in [0.1, 0.15) is 0 Å². The van der Waals surface area contributed by atoms with Crippen LogP contribution in [0.3, 0.4) is 0 Å². The van der Waals surface area contributed by atoms with Crippen LogP contribution in [0, 0.1) is 11.8 Å². The lowest BCUT2D eigenvalue weighted by atomic mass is 9.79. The minimum Gasteiger partial charge on any atom is -0.296 e. The summed E-state index contributed by atoms with van der Waals surface area (Å²) >= 11 is 0. The molecule has 3 heteroatoms. The van der Waals surface area contributed by atoms with Crippen molar-refractivity contribution in [1.82, 2.24) is 5.32 Å². The second kappa shape index (κ2) is 3.48. The van der Waals surface area contributed by atoms with Gasteiger partial charge in [0.2, 0.25) is 11.8 Å². The average molecular weight is 181 g/mol. The first-order chi connectivity index (χ1) is 6.27. The van der Waals surface area contributed by atoms with Gasteiger partial charge in [-0.25, -0.2) is 0 Å². The number of hydrogen-bond donors (Lipinski definition) is 1. The molecule has 1 heterocycles. The van der Waals surface area contributed by atoms with Crippen LogP contribution in [0.1, 0.15) is 38.5 Å². The summed E-state index contributed by atoms with van der Waals surface area (Å²) in [6.07, 6.45) is 6.43. The summed E-state index contributed by atoms with van der Waals surface area (Å²) in [7, 11) is 0. The van der Waals surface area contributed by atoms with E-state index in [1.807, 2.05) is 0 Å². The monoisotopic (exact) mass is 181 g/mol. The zero-order valence-electron chi connectivity index (χ0n) is 7.71. The van der Waals surface area contributed by atoms with Gasteiger partial charge in [0.05, 0.1) is 0 Å². The van der Waals surface area contributed by atoms with Crippen LogP contribution < -0.4 is 5.32 Å². The van der Waals surface area contributed by atoms with Gasteiger partial charge >= 0.3 is 0 Å². The van der Waals surface area contributed by atoms with E-state index in [-0.39, 0.29) is 17.7 Å². The first-order valence-corrected chi connectivity index (χ1v) is 5.11. The predicted octanol–water partition coefficient (Wildman–Crippen LogP) is 1.23. The second-order valence-corrected chi connectivity index (χ2v) is 4.12. The molecule has 1 N–H and O–H groups in total. The molecule has 0 aromatic carbocycles. The molecule has 0 spiro atoms. The SMILES string of the molecule is O=C1CC(C2CCCCC2)C(=O)N1. The van der Waals surface area contributed by atoms with Gasteiger partial charge in [-0.2, -0.15) is 0 Å². The molecular weight excluding hydrogens is 166 g/mol. The van der Waals surface area contributed by atoms with Crippen molar-refractivity contribution < 1.29 is 9.59 Å². The number of carbonyl (C=O) groups is 2.